The molecule has 0 atom stereocenters. The van der Waals surface area contributed by atoms with Crippen molar-refractivity contribution in [2.45, 2.75) is 0 Å². The maximum absolute atomic E-state index is 5.47. The van der Waals surface area contributed by atoms with Gasteiger partial charge in [0, 0.05) is 16.8 Å². The largest absolute Gasteiger partial charge is 0.467 e. The van der Waals surface area contributed by atoms with Crippen LogP contribution in [0.1, 0.15) is 0 Å². The zero-order chi connectivity index (χ0) is 29.2. The zero-order valence-electron chi connectivity index (χ0n) is 23.8. The van der Waals surface area contributed by atoms with E-state index in [9.17, 15) is 0 Å². The quantitative estimate of drug-likeness (QED) is 0.159. The predicted molar refractivity (Wildman–Crippen MR) is 182 cm³/mol. The van der Waals surface area contributed by atoms with E-state index in [1.165, 1.54) is 53.9 Å². The number of nitrogens with one attached hydrogen (secondary N) is 2. The van der Waals surface area contributed by atoms with E-state index in [1.807, 2.05) is 6.07 Å². The first-order valence-corrected chi connectivity index (χ1v) is 14.6. The number of hydrogen-bond donors (Lipinski definition) is 2. The van der Waals surface area contributed by atoms with Crippen LogP contribution in [0.25, 0.3) is 64.6 Å². The summed E-state index contributed by atoms with van der Waals surface area (Å²) < 4.78 is 5.47. The Hall–Kier alpha value is -6.01. The summed E-state index contributed by atoms with van der Waals surface area (Å²) in [4.78, 5) is 13.7. The first kappa shape index (κ1) is 24.6. The molecule has 0 aliphatic carbocycles. The highest BCUT2D eigenvalue weighted by Crippen LogP contribution is 2.42. The molecule has 1 heterocycles. The molecule has 0 radical (unpaired) electrons. The van der Waals surface area contributed by atoms with Crippen LogP contribution < -0.4 is 15.4 Å². The fourth-order valence-electron chi connectivity index (χ4n) is 6.58. The van der Waals surface area contributed by atoms with Crippen LogP contribution >= 0.6 is 0 Å². The second-order valence-corrected chi connectivity index (χ2v) is 11.1. The molecule has 0 aliphatic heterocycles. The first-order chi connectivity index (χ1) is 21.7. The van der Waals surface area contributed by atoms with Gasteiger partial charge in [-0.2, -0.15) is 15.0 Å². The summed E-state index contributed by atoms with van der Waals surface area (Å²) in [7, 11) is 1.56. The molecule has 44 heavy (non-hydrogen) atoms. The van der Waals surface area contributed by atoms with Crippen molar-refractivity contribution < 1.29 is 4.74 Å². The highest BCUT2D eigenvalue weighted by Gasteiger charge is 2.16. The minimum Gasteiger partial charge on any atom is -0.467 e. The molecule has 0 unspecified atom stereocenters. The zero-order valence-corrected chi connectivity index (χ0v) is 23.8. The third-order valence-electron chi connectivity index (χ3n) is 8.53. The van der Waals surface area contributed by atoms with Crippen LogP contribution in [0.4, 0.5) is 23.3 Å². The minimum absolute atomic E-state index is 0.222. The van der Waals surface area contributed by atoms with E-state index < -0.39 is 0 Å². The van der Waals surface area contributed by atoms with Crippen LogP contribution in [0, 0.1) is 0 Å². The van der Waals surface area contributed by atoms with Gasteiger partial charge < -0.3 is 15.4 Å². The number of hydrogen-bond acceptors (Lipinski definition) is 6. The Bertz CT molecular complexity index is 2510. The average molecular weight is 568 g/mol. The number of ether oxygens (including phenoxy) is 1. The maximum atomic E-state index is 5.47. The molecular formula is C38H25N5O. The number of benzene rings is 8. The lowest BCUT2D eigenvalue weighted by Crippen LogP contribution is -2.06. The van der Waals surface area contributed by atoms with Crippen molar-refractivity contribution in [3.8, 4) is 6.01 Å². The number of rotatable bonds is 5. The Morgan fingerprint density at radius 3 is 1.80 bits per heavy atom. The summed E-state index contributed by atoms with van der Waals surface area (Å²) in [5.41, 5.74) is 1.79. The molecule has 0 saturated carbocycles. The van der Waals surface area contributed by atoms with Gasteiger partial charge in [-0.25, -0.2) is 0 Å². The van der Waals surface area contributed by atoms with Crippen molar-refractivity contribution >= 4 is 87.9 Å². The molecule has 1 aromatic heterocycles. The van der Waals surface area contributed by atoms with Crippen molar-refractivity contribution in [2.75, 3.05) is 17.7 Å². The van der Waals surface area contributed by atoms with Gasteiger partial charge in [-0.05, 0) is 89.6 Å². The molecule has 6 heteroatoms. The molecule has 0 saturated heterocycles. The highest BCUT2D eigenvalue weighted by atomic mass is 16.5. The summed E-state index contributed by atoms with van der Waals surface area (Å²) in [6.45, 7) is 0. The third-order valence-corrected chi connectivity index (χ3v) is 8.53. The van der Waals surface area contributed by atoms with Gasteiger partial charge in [-0.15, -0.1) is 0 Å². The summed E-state index contributed by atoms with van der Waals surface area (Å²) in [6.07, 6.45) is 0. The van der Waals surface area contributed by atoms with Gasteiger partial charge in [0.15, 0.2) is 0 Å². The lowest BCUT2D eigenvalue weighted by molar-refractivity contribution is 0.380. The van der Waals surface area contributed by atoms with Gasteiger partial charge in [-0.3, -0.25) is 0 Å². The van der Waals surface area contributed by atoms with Gasteiger partial charge in [-0.1, -0.05) is 91.0 Å². The van der Waals surface area contributed by atoms with Crippen LogP contribution in [0.5, 0.6) is 6.01 Å². The molecular weight excluding hydrogens is 542 g/mol. The Balaban J connectivity index is 1.12. The highest BCUT2D eigenvalue weighted by molar-refractivity contribution is 6.34. The van der Waals surface area contributed by atoms with Crippen LogP contribution in [-0.4, -0.2) is 22.1 Å². The summed E-state index contributed by atoms with van der Waals surface area (Å²) in [5, 5.41) is 21.4. The minimum atomic E-state index is 0.222. The SMILES string of the molecule is COc1nc(Nc2ccc3cc4ccccc4cc3c2)nc(Nc2ccc3c4cccc5cccc(c6cccc2c63)c54)n1. The fourth-order valence-corrected chi connectivity index (χ4v) is 6.58. The van der Waals surface area contributed by atoms with Gasteiger partial charge in [0.1, 0.15) is 0 Å². The third kappa shape index (κ3) is 3.85. The summed E-state index contributed by atoms with van der Waals surface area (Å²) in [5.74, 6) is 0.785. The molecule has 8 aromatic carbocycles. The number of fused-ring (bicyclic) bond motifs is 4. The van der Waals surface area contributed by atoms with Gasteiger partial charge in [0.25, 0.3) is 0 Å². The first-order valence-electron chi connectivity index (χ1n) is 14.6. The molecule has 208 valence electrons. The van der Waals surface area contributed by atoms with Crippen LogP contribution in [0.3, 0.4) is 0 Å². The molecule has 0 spiro atoms. The van der Waals surface area contributed by atoms with Crippen LogP contribution in [-0.2, 0) is 0 Å². The Labute approximate surface area is 252 Å². The molecule has 0 fully saturated rings. The molecule has 9 aromatic rings. The molecule has 0 amide bonds. The van der Waals surface area contributed by atoms with Crippen molar-refractivity contribution in [2.24, 2.45) is 0 Å². The Morgan fingerprint density at radius 1 is 0.455 bits per heavy atom. The van der Waals surface area contributed by atoms with Crippen molar-refractivity contribution in [3.63, 3.8) is 0 Å². The monoisotopic (exact) mass is 567 g/mol. The number of anilines is 4. The molecule has 9 rings (SSSR count). The van der Waals surface area contributed by atoms with E-state index in [-0.39, 0.29) is 6.01 Å². The van der Waals surface area contributed by atoms with Gasteiger partial charge >= 0.3 is 6.01 Å². The number of aromatic nitrogens is 3. The van der Waals surface area contributed by atoms with Crippen LogP contribution in [0.15, 0.2) is 121 Å². The Morgan fingerprint density at radius 2 is 1.05 bits per heavy atom. The average Bonchev–Trinajstić information content (AvgIpc) is 3.06. The van der Waals surface area contributed by atoms with E-state index in [0.29, 0.717) is 11.9 Å². The number of methoxy groups -OCH3 is 1. The topological polar surface area (TPSA) is 72.0 Å². The van der Waals surface area contributed by atoms with E-state index in [2.05, 4.69) is 136 Å². The fraction of sp³-hybridized carbons (Fsp3) is 0.0263. The summed E-state index contributed by atoms with van der Waals surface area (Å²) >= 11 is 0. The number of nitrogens with zero attached hydrogens (tertiary/aromatic N) is 3. The standard InChI is InChI=1S/C38H25N5O/c1-44-38-42-36(39-27-16-15-25-19-23-7-2-3-8-24(23)20-26(25)21-27)41-37(43-38)40-33-18-17-31-29-12-5-10-22-9-4-11-28(34(22)29)30-13-6-14-32(33)35(30)31/h2-21H,1H3,(H2,39,40,41,42,43). The Kier molecular flexibility index (Phi) is 5.31. The molecule has 6 nitrogen and oxygen atoms in total. The maximum Gasteiger partial charge on any atom is 0.322 e. The van der Waals surface area contributed by atoms with Crippen molar-refractivity contribution in [3.05, 3.63) is 121 Å². The molecule has 0 bridgehead atoms. The van der Waals surface area contributed by atoms with E-state index in [4.69, 9.17) is 9.72 Å². The van der Waals surface area contributed by atoms with E-state index >= 15 is 0 Å². The van der Waals surface area contributed by atoms with Crippen molar-refractivity contribution in [1.82, 2.24) is 15.0 Å². The molecule has 0 aliphatic rings. The van der Waals surface area contributed by atoms with Crippen LogP contribution in [0.2, 0.25) is 0 Å². The van der Waals surface area contributed by atoms with Gasteiger partial charge in [0.2, 0.25) is 11.9 Å². The second-order valence-electron chi connectivity index (χ2n) is 11.1. The summed E-state index contributed by atoms with van der Waals surface area (Å²) in [6, 6.07) is 43.1. The van der Waals surface area contributed by atoms with Gasteiger partial charge in [0.05, 0.1) is 7.11 Å². The molecule has 2 N–H and O–H groups in total. The second kappa shape index (κ2) is 9.51. The predicted octanol–water partition coefficient (Wildman–Crippen LogP) is 9.72. The van der Waals surface area contributed by atoms with E-state index in [0.717, 1.165) is 22.1 Å². The van der Waals surface area contributed by atoms with Crippen molar-refractivity contribution in [1.29, 1.82) is 0 Å². The lowest BCUT2D eigenvalue weighted by Gasteiger charge is -2.17. The van der Waals surface area contributed by atoms with E-state index in [1.54, 1.807) is 7.11 Å². The smallest absolute Gasteiger partial charge is 0.322 e. The normalized spacial score (nSPS) is 11.8. The lowest BCUT2D eigenvalue weighted by atomic mass is 9.89.